The van der Waals surface area contributed by atoms with Crippen LogP contribution in [0.2, 0.25) is 0 Å². The first-order chi connectivity index (χ1) is 8.22. The van der Waals surface area contributed by atoms with Gasteiger partial charge in [0.25, 0.3) is 0 Å². The average molecular weight is 229 g/mol. The van der Waals surface area contributed by atoms with E-state index in [0.29, 0.717) is 12.0 Å². The number of fused-ring (bicyclic) bond motifs is 1. The third-order valence-electron chi connectivity index (χ3n) is 3.71. The van der Waals surface area contributed by atoms with Gasteiger partial charge >= 0.3 is 0 Å². The van der Waals surface area contributed by atoms with E-state index >= 15 is 0 Å². The number of rotatable bonds is 3. The van der Waals surface area contributed by atoms with E-state index in [9.17, 15) is 0 Å². The van der Waals surface area contributed by atoms with Crippen molar-refractivity contribution in [3.05, 3.63) is 23.8 Å². The second kappa shape index (κ2) is 4.17. The molecule has 1 fully saturated rings. The Labute approximate surface area is 103 Å². The quantitative estimate of drug-likeness (QED) is 0.770. The molecule has 0 unspecified atom stereocenters. The largest absolute Gasteiger partial charge is 0.490 e. The monoisotopic (exact) mass is 229 g/mol. The maximum absolute atomic E-state index is 5.90. The van der Waals surface area contributed by atoms with Gasteiger partial charge in [-0.3, -0.25) is 4.99 Å². The number of benzene rings is 1. The van der Waals surface area contributed by atoms with Crippen molar-refractivity contribution in [2.45, 2.75) is 45.6 Å². The van der Waals surface area contributed by atoms with E-state index in [1.807, 2.05) is 0 Å². The number of nitrogens with zero attached hydrogens (tertiary/aromatic N) is 1. The Kier molecular flexibility index (Phi) is 2.65. The molecule has 0 radical (unpaired) electrons. The standard InChI is InChI=1S/C15H19NO/c1-10(2)14-8-11-6-7-13(9-15(11)16-14)17-12-4-3-5-12/h6-7,9-10,12H,3-5,8H2,1-2H3. The maximum atomic E-state index is 5.90. The van der Waals surface area contributed by atoms with Gasteiger partial charge in [0, 0.05) is 18.2 Å². The molecule has 0 bridgehead atoms. The lowest BCUT2D eigenvalue weighted by Gasteiger charge is -2.26. The molecular formula is C15H19NO. The molecule has 0 amide bonds. The predicted octanol–water partition coefficient (Wildman–Crippen LogP) is 3.90. The van der Waals surface area contributed by atoms with Crippen molar-refractivity contribution in [1.29, 1.82) is 0 Å². The first-order valence-electron chi connectivity index (χ1n) is 6.59. The van der Waals surface area contributed by atoms with E-state index in [1.165, 1.54) is 30.5 Å². The van der Waals surface area contributed by atoms with Gasteiger partial charge in [-0.05, 0) is 36.8 Å². The van der Waals surface area contributed by atoms with E-state index in [2.05, 4.69) is 32.0 Å². The van der Waals surface area contributed by atoms with Crippen molar-refractivity contribution in [3.63, 3.8) is 0 Å². The van der Waals surface area contributed by atoms with E-state index in [-0.39, 0.29) is 0 Å². The molecular weight excluding hydrogens is 210 g/mol. The van der Waals surface area contributed by atoms with Gasteiger partial charge in [-0.15, -0.1) is 0 Å². The normalized spacial score (nSPS) is 18.9. The van der Waals surface area contributed by atoms with Crippen molar-refractivity contribution in [3.8, 4) is 5.75 Å². The average Bonchev–Trinajstić information content (AvgIpc) is 2.66. The second-order valence-electron chi connectivity index (χ2n) is 5.40. The molecule has 0 N–H and O–H groups in total. The molecule has 0 spiro atoms. The molecule has 1 heterocycles. The molecule has 1 aromatic rings. The van der Waals surface area contributed by atoms with Crippen molar-refractivity contribution < 1.29 is 4.74 Å². The first kappa shape index (κ1) is 10.8. The molecule has 1 saturated carbocycles. The van der Waals surface area contributed by atoms with Gasteiger partial charge in [0.05, 0.1) is 11.8 Å². The van der Waals surface area contributed by atoms with Crippen LogP contribution in [0.1, 0.15) is 38.7 Å². The summed E-state index contributed by atoms with van der Waals surface area (Å²) in [6.45, 7) is 4.41. The van der Waals surface area contributed by atoms with Gasteiger partial charge < -0.3 is 4.74 Å². The van der Waals surface area contributed by atoms with Crippen LogP contribution in [0.25, 0.3) is 0 Å². The van der Waals surface area contributed by atoms with Gasteiger partial charge in [-0.25, -0.2) is 0 Å². The van der Waals surface area contributed by atoms with Crippen molar-refractivity contribution in [2.24, 2.45) is 10.9 Å². The summed E-state index contributed by atoms with van der Waals surface area (Å²) in [5.41, 5.74) is 3.75. The fourth-order valence-corrected chi connectivity index (χ4v) is 2.27. The summed E-state index contributed by atoms with van der Waals surface area (Å²) in [6.07, 6.45) is 5.18. The molecule has 2 heteroatoms. The zero-order valence-corrected chi connectivity index (χ0v) is 10.6. The van der Waals surface area contributed by atoms with E-state index < -0.39 is 0 Å². The molecule has 0 saturated heterocycles. The minimum atomic E-state index is 0.447. The third kappa shape index (κ3) is 2.08. The summed E-state index contributed by atoms with van der Waals surface area (Å²) in [5, 5.41) is 0. The van der Waals surface area contributed by atoms with Crippen LogP contribution >= 0.6 is 0 Å². The summed E-state index contributed by atoms with van der Waals surface area (Å²) in [5.74, 6) is 1.53. The molecule has 17 heavy (non-hydrogen) atoms. The molecule has 2 aliphatic rings. The number of hydrogen-bond donors (Lipinski definition) is 0. The Morgan fingerprint density at radius 2 is 2.12 bits per heavy atom. The second-order valence-corrected chi connectivity index (χ2v) is 5.40. The Morgan fingerprint density at radius 1 is 1.29 bits per heavy atom. The molecule has 0 aromatic heterocycles. The highest BCUT2D eigenvalue weighted by molar-refractivity contribution is 5.95. The van der Waals surface area contributed by atoms with Gasteiger partial charge in [-0.2, -0.15) is 0 Å². The van der Waals surface area contributed by atoms with Crippen molar-refractivity contribution in [2.75, 3.05) is 0 Å². The van der Waals surface area contributed by atoms with Gasteiger partial charge in [0.2, 0.25) is 0 Å². The van der Waals surface area contributed by atoms with Gasteiger partial charge in [0.15, 0.2) is 0 Å². The van der Waals surface area contributed by atoms with Crippen LogP contribution in [0.3, 0.4) is 0 Å². The lowest BCUT2D eigenvalue weighted by Crippen LogP contribution is -2.24. The minimum absolute atomic E-state index is 0.447. The number of hydrogen-bond acceptors (Lipinski definition) is 2. The van der Waals surface area contributed by atoms with Crippen LogP contribution < -0.4 is 4.74 Å². The number of aliphatic imine (C=N–C) groups is 1. The Morgan fingerprint density at radius 3 is 2.76 bits per heavy atom. The highest BCUT2D eigenvalue weighted by Gasteiger charge is 2.21. The zero-order valence-electron chi connectivity index (χ0n) is 10.6. The highest BCUT2D eigenvalue weighted by atomic mass is 16.5. The summed E-state index contributed by atoms with van der Waals surface area (Å²) in [4.78, 5) is 4.70. The highest BCUT2D eigenvalue weighted by Crippen LogP contribution is 2.34. The van der Waals surface area contributed by atoms with E-state index in [4.69, 9.17) is 9.73 Å². The van der Waals surface area contributed by atoms with Crippen molar-refractivity contribution in [1.82, 2.24) is 0 Å². The van der Waals surface area contributed by atoms with Crippen molar-refractivity contribution >= 4 is 11.4 Å². The summed E-state index contributed by atoms with van der Waals surface area (Å²) >= 11 is 0. The molecule has 0 atom stereocenters. The van der Waals surface area contributed by atoms with Crippen LogP contribution in [-0.2, 0) is 6.42 Å². The molecule has 1 aliphatic carbocycles. The lowest BCUT2D eigenvalue weighted by atomic mass is 9.96. The Hall–Kier alpha value is -1.31. The fourth-order valence-electron chi connectivity index (χ4n) is 2.27. The molecule has 1 aliphatic heterocycles. The fraction of sp³-hybridized carbons (Fsp3) is 0.533. The van der Waals surface area contributed by atoms with Gasteiger partial charge in [-0.1, -0.05) is 19.9 Å². The van der Waals surface area contributed by atoms with E-state index in [1.54, 1.807) is 0 Å². The minimum Gasteiger partial charge on any atom is -0.490 e. The van der Waals surface area contributed by atoms with Crippen LogP contribution in [0.15, 0.2) is 23.2 Å². The molecule has 1 aromatic carbocycles. The lowest BCUT2D eigenvalue weighted by molar-refractivity contribution is 0.120. The smallest absolute Gasteiger partial charge is 0.121 e. The zero-order chi connectivity index (χ0) is 11.8. The maximum Gasteiger partial charge on any atom is 0.121 e. The van der Waals surface area contributed by atoms with Crippen LogP contribution in [0, 0.1) is 5.92 Å². The topological polar surface area (TPSA) is 21.6 Å². The molecule has 2 nitrogen and oxygen atoms in total. The number of ether oxygens (including phenoxy) is 1. The summed E-state index contributed by atoms with van der Waals surface area (Å²) < 4.78 is 5.90. The third-order valence-corrected chi connectivity index (χ3v) is 3.71. The van der Waals surface area contributed by atoms with Crippen LogP contribution in [-0.4, -0.2) is 11.8 Å². The SMILES string of the molecule is CC(C)C1=Nc2cc(OC3CCC3)ccc2C1. The molecule has 90 valence electrons. The van der Waals surface area contributed by atoms with E-state index in [0.717, 1.165) is 17.9 Å². The molecule has 3 rings (SSSR count). The summed E-state index contributed by atoms with van der Waals surface area (Å²) in [7, 11) is 0. The summed E-state index contributed by atoms with van der Waals surface area (Å²) in [6, 6.07) is 6.36. The Balaban J connectivity index is 1.79. The predicted molar refractivity (Wildman–Crippen MR) is 70.3 cm³/mol. The van der Waals surface area contributed by atoms with Gasteiger partial charge in [0.1, 0.15) is 5.75 Å². The van der Waals surface area contributed by atoms with Crippen LogP contribution in [0.4, 0.5) is 5.69 Å². The first-order valence-corrected chi connectivity index (χ1v) is 6.59. The van der Waals surface area contributed by atoms with Crippen LogP contribution in [0.5, 0.6) is 5.75 Å². The Bertz CT molecular complexity index is 458.